The first-order chi connectivity index (χ1) is 15.2. The molecule has 5 rings (SSSR count). The number of aliphatic hydroxyl groups is 2. The first-order valence-corrected chi connectivity index (χ1v) is 11.9. The average Bonchev–Trinajstić information content (AvgIpc) is 3.42. The van der Waals surface area contributed by atoms with Crippen molar-refractivity contribution >= 4 is 41.3 Å². The fourth-order valence-corrected chi connectivity index (χ4v) is 4.74. The summed E-state index contributed by atoms with van der Waals surface area (Å²) in [7, 11) is -4.28. The van der Waals surface area contributed by atoms with Crippen molar-refractivity contribution in [3.05, 3.63) is 48.1 Å². The van der Waals surface area contributed by atoms with E-state index in [2.05, 4.69) is 15.0 Å². The molecule has 0 radical (unpaired) electrons. The van der Waals surface area contributed by atoms with E-state index in [1.165, 1.54) is 10.9 Å². The molecule has 168 valence electrons. The molecule has 0 aliphatic carbocycles. The quantitative estimate of drug-likeness (QED) is 0.246. The van der Waals surface area contributed by atoms with Crippen LogP contribution in [0.25, 0.3) is 27.9 Å². The molecule has 0 bridgehead atoms. The van der Waals surface area contributed by atoms with Crippen LogP contribution in [0.1, 0.15) is 12.6 Å². The Labute approximate surface area is 186 Å². The lowest BCUT2D eigenvalue weighted by molar-refractivity contribution is -0.0355. The Kier molecular flexibility index (Phi) is 5.30. The predicted octanol–water partition coefficient (Wildman–Crippen LogP) is 1.61. The molecule has 13 heteroatoms. The maximum atomic E-state index is 11.2. The summed E-state index contributed by atoms with van der Waals surface area (Å²) >= 11 is 6.21. The zero-order valence-corrected chi connectivity index (χ0v) is 18.1. The first kappa shape index (κ1) is 21.5. The summed E-state index contributed by atoms with van der Waals surface area (Å²) in [5, 5.41) is 21.9. The van der Waals surface area contributed by atoms with Crippen molar-refractivity contribution in [2.75, 3.05) is 6.16 Å². The van der Waals surface area contributed by atoms with Gasteiger partial charge in [0.05, 0.1) is 24.1 Å². The number of nitrogens with zero attached hydrogens (tertiary/aromatic N) is 5. The molecule has 0 saturated carbocycles. The minimum Gasteiger partial charge on any atom is -0.388 e. The zero-order valence-electron chi connectivity index (χ0n) is 16.4. The molecule has 1 aliphatic rings. The van der Waals surface area contributed by atoms with Gasteiger partial charge in [-0.15, -0.1) is 0 Å². The van der Waals surface area contributed by atoms with E-state index >= 15 is 0 Å². The Morgan fingerprint density at radius 1 is 1.12 bits per heavy atom. The van der Waals surface area contributed by atoms with Crippen LogP contribution in [0.2, 0.25) is 5.28 Å². The molecular formula is C19H19ClN5O6P. The molecule has 3 aromatic heterocycles. The summed E-state index contributed by atoms with van der Waals surface area (Å²) in [5.74, 6) is 0.436. The number of aromatic nitrogens is 5. The monoisotopic (exact) mass is 479 g/mol. The molecule has 4 aromatic rings. The molecule has 0 amide bonds. The van der Waals surface area contributed by atoms with Gasteiger partial charge in [0.1, 0.15) is 12.2 Å². The smallest absolute Gasteiger partial charge is 0.325 e. The molecule has 4 atom stereocenters. The number of hydrogen-bond acceptors (Lipinski definition) is 7. The van der Waals surface area contributed by atoms with Gasteiger partial charge in [-0.1, -0.05) is 18.2 Å². The number of para-hydroxylation sites is 1. The molecule has 4 N–H and O–H groups in total. The normalized spacial score (nSPS) is 24.0. The van der Waals surface area contributed by atoms with Gasteiger partial charge in [0.2, 0.25) is 5.28 Å². The average molecular weight is 480 g/mol. The topological polar surface area (TPSA) is 156 Å². The number of halogens is 1. The van der Waals surface area contributed by atoms with Crippen LogP contribution in [0, 0.1) is 0 Å². The molecule has 2 unspecified atom stereocenters. The third-order valence-corrected chi connectivity index (χ3v) is 6.53. The summed E-state index contributed by atoms with van der Waals surface area (Å²) in [4.78, 5) is 31.2. The summed E-state index contributed by atoms with van der Waals surface area (Å²) in [6.07, 6.45) is -2.10. The van der Waals surface area contributed by atoms with Gasteiger partial charge in [0.15, 0.2) is 23.2 Å². The van der Waals surface area contributed by atoms with Crippen molar-refractivity contribution in [3.8, 4) is 5.82 Å². The van der Waals surface area contributed by atoms with Gasteiger partial charge in [-0.05, 0) is 35.5 Å². The van der Waals surface area contributed by atoms with Crippen molar-refractivity contribution in [2.45, 2.75) is 31.0 Å². The fraction of sp³-hybridized carbons (Fsp3) is 0.316. The van der Waals surface area contributed by atoms with E-state index in [9.17, 15) is 14.8 Å². The Morgan fingerprint density at radius 3 is 2.69 bits per heavy atom. The molecule has 1 fully saturated rings. The van der Waals surface area contributed by atoms with Crippen LogP contribution in [-0.4, -0.2) is 68.6 Å². The van der Waals surface area contributed by atoms with Crippen LogP contribution in [-0.2, 0) is 9.30 Å². The SMILES string of the molecule is O=P(O)(O)CC[C@H]1O[C@@H](n2cnc3c(-n4ccc5ccccc54)nc(Cl)nc32)C(O)C1O. The van der Waals surface area contributed by atoms with Gasteiger partial charge < -0.3 is 24.7 Å². The van der Waals surface area contributed by atoms with E-state index in [0.29, 0.717) is 11.3 Å². The largest absolute Gasteiger partial charge is 0.388 e. The minimum atomic E-state index is -4.28. The van der Waals surface area contributed by atoms with Crippen LogP contribution < -0.4 is 0 Å². The number of rotatable bonds is 5. The van der Waals surface area contributed by atoms with Crippen molar-refractivity contribution in [1.82, 2.24) is 24.1 Å². The lowest BCUT2D eigenvalue weighted by atomic mass is 10.1. The molecule has 32 heavy (non-hydrogen) atoms. The first-order valence-electron chi connectivity index (χ1n) is 9.75. The molecule has 4 heterocycles. The van der Waals surface area contributed by atoms with Gasteiger partial charge in [0.25, 0.3) is 0 Å². The Hall–Kier alpha value is -2.37. The van der Waals surface area contributed by atoms with E-state index in [1.54, 1.807) is 0 Å². The molecule has 0 spiro atoms. The molecule has 1 aromatic carbocycles. The van der Waals surface area contributed by atoms with E-state index in [4.69, 9.17) is 26.1 Å². The van der Waals surface area contributed by atoms with Crippen molar-refractivity contribution < 1.29 is 29.3 Å². The number of ether oxygens (including phenoxy) is 1. The maximum absolute atomic E-state index is 11.2. The number of benzene rings is 1. The number of fused-ring (bicyclic) bond motifs is 2. The Morgan fingerprint density at radius 2 is 1.91 bits per heavy atom. The Balaban J connectivity index is 1.55. The van der Waals surface area contributed by atoms with Crippen LogP contribution in [0.15, 0.2) is 42.9 Å². The highest BCUT2D eigenvalue weighted by atomic mass is 35.5. The van der Waals surface area contributed by atoms with Crippen LogP contribution in [0.5, 0.6) is 0 Å². The second kappa shape index (κ2) is 7.89. The molecular weight excluding hydrogens is 461 g/mol. The lowest BCUT2D eigenvalue weighted by Crippen LogP contribution is -2.31. The molecule has 11 nitrogen and oxygen atoms in total. The minimum absolute atomic E-state index is 0.0434. The number of aliphatic hydroxyl groups excluding tert-OH is 2. The maximum Gasteiger partial charge on any atom is 0.325 e. The van der Waals surface area contributed by atoms with Gasteiger partial charge in [0, 0.05) is 6.20 Å². The van der Waals surface area contributed by atoms with Crippen LogP contribution in [0.3, 0.4) is 0 Å². The molecule has 1 aliphatic heterocycles. The van der Waals surface area contributed by atoms with E-state index < -0.39 is 38.3 Å². The van der Waals surface area contributed by atoms with E-state index in [1.807, 2.05) is 41.1 Å². The highest BCUT2D eigenvalue weighted by molar-refractivity contribution is 7.51. The highest BCUT2D eigenvalue weighted by Crippen LogP contribution is 2.39. The lowest BCUT2D eigenvalue weighted by Gasteiger charge is -2.17. The third-order valence-electron chi connectivity index (χ3n) is 5.52. The second-order valence-corrected chi connectivity index (χ2v) is 9.72. The van der Waals surface area contributed by atoms with Gasteiger partial charge in [-0.25, -0.2) is 4.98 Å². The van der Waals surface area contributed by atoms with Gasteiger partial charge in [-0.3, -0.25) is 13.7 Å². The van der Waals surface area contributed by atoms with E-state index in [0.717, 1.165) is 10.9 Å². The van der Waals surface area contributed by atoms with Gasteiger partial charge >= 0.3 is 7.60 Å². The summed E-state index contributed by atoms with van der Waals surface area (Å²) in [6, 6.07) is 9.66. The van der Waals surface area contributed by atoms with E-state index in [-0.39, 0.29) is 17.4 Å². The summed E-state index contributed by atoms with van der Waals surface area (Å²) < 4.78 is 20.2. The Bertz CT molecular complexity index is 1350. The van der Waals surface area contributed by atoms with Crippen molar-refractivity contribution in [1.29, 1.82) is 0 Å². The second-order valence-electron chi connectivity index (χ2n) is 7.61. The fourth-order valence-electron chi connectivity index (χ4n) is 3.99. The van der Waals surface area contributed by atoms with Crippen molar-refractivity contribution in [3.63, 3.8) is 0 Å². The third kappa shape index (κ3) is 3.71. The number of imidazole rings is 1. The van der Waals surface area contributed by atoms with Gasteiger partial charge in [-0.2, -0.15) is 9.97 Å². The van der Waals surface area contributed by atoms with Crippen LogP contribution in [0.4, 0.5) is 0 Å². The summed E-state index contributed by atoms with van der Waals surface area (Å²) in [5.41, 5.74) is 1.58. The summed E-state index contributed by atoms with van der Waals surface area (Å²) in [6.45, 7) is 0. The van der Waals surface area contributed by atoms with Crippen LogP contribution >= 0.6 is 19.2 Å². The standard InChI is InChI=1S/C19H19ClN5O6P/c20-19-22-16(24-7-5-10-3-1-2-4-11(10)24)13-17(23-19)25(9-21-13)18-15(27)14(26)12(31-18)6-8-32(28,29)30/h1-5,7,9,12,14-15,18,26-27H,6,8H2,(H2,28,29,30)/t12-,14?,15?,18-/m1/s1. The number of hydrogen-bond donors (Lipinski definition) is 4. The molecule has 1 saturated heterocycles. The highest BCUT2D eigenvalue weighted by Gasteiger charge is 2.44. The van der Waals surface area contributed by atoms with Crippen molar-refractivity contribution in [2.24, 2.45) is 0 Å². The zero-order chi connectivity index (χ0) is 22.6. The predicted molar refractivity (Wildman–Crippen MR) is 115 cm³/mol.